The molecule has 1 aromatic rings. The van der Waals surface area contributed by atoms with Crippen molar-refractivity contribution < 1.29 is 4.74 Å². The molecule has 18 heavy (non-hydrogen) atoms. The van der Waals surface area contributed by atoms with Gasteiger partial charge in [-0.25, -0.2) is 0 Å². The fraction of sp³-hybridized carbons (Fsp3) is 0.571. The van der Waals surface area contributed by atoms with Crippen LogP contribution in [0.25, 0.3) is 0 Å². The number of nitrogens with two attached hydrogens (primary N) is 1. The number of halogens is 1. The van der Waals surface area contributed by atoms with Gasteiger partial charge in [0.2, 0.25) is 0 Å². The number of benzene rings is 1. The van der Waals surface area contributed by atoms with E-state index in [-0.39, 0.29) is 12.1 Å². The van der Waals surface area contributed by atoms with E-state index in [0.717, 1.165) is 30.0 Å². The van der Waals surface area contributed by atoms with Gasteiger partial charge in [0.25, 0.3) is 0 Å². The Kier molecular flexibility index (Phi) is 4.62. The third-order valence-corrected chi connectivity index (χ3v) is 4.06. The monoisotopic (exact) mass is 268 g/mol. The largest absolute Gasteiger partial charge is 0.376 e. The lowest BCUT2D eigenvalue weighted by molar-refractivity contribution is 0.0610. The molecule has 0 radical (unpaired) electrons. The molecule has 1 aliphatic rings. The molecular formula is C14H21ClN2O. The number of hydrogen-bond donors (Lipinski definition) is 2. The molecular weight excluding hydrogens is 248 g/mol. The van der Waals surface area contributed by atoms with Gasteiger partial charge in [-0.1, -0.05) is 30.7 Å². The van der Waals surface area contributed by atoms with E-state index in [9.17, 15) is 0 Å². The highest BCUT2D eigenvalue weighted by molar-refractivity contribution is 6.31. The quantitative estimate of drug-likeness (QED) is 0.651. The van der Waals surface area contributed by atoms with Gasteiger partial charge in [0.15, 0.2) is 0 Å². The van der Waals surface area contributed by atoms with Crippen molar-refractivity contribution in [2.75, 3.05) is 6.61 Å². The van der Waals surface area contributed by atoms with Crippen LogP contribution in [0.3, 0.4) is 0 Å². The summed E-state index contributed by atoms with van der Waals surface area (Å²) in [5.41, 5.74) is 5.17. The average molecular weight is 269 g/mol. The van der Waals surface area contributed by atoms with Crippen molar-refractivity contribution in [3.8, 4) is 0 Å². The second kappa shape index (κ2) is 6.02. The summed E-state index contributed by atoms with van der Waals surface area (Å²) in [7, 11) is 0. The molecule has 1 heterocycles. The molecule has 3 unspecified atom stereocenters. The molecule has 1 aliphatic heterocycles. The van der Waals surface area contributed by atoms with Gasteiger partial charge >= 0.3 is 0 Å². The second-order valence-electron chi connectivity index (χ2n) is 5.17. The van der Waals surface area contributed by atoms with Crippen LogP contribution in [-0.4, -0.2) is 18.8 Å². The van der Waals surface area contributed by atoms with Crippen LogP contribution >= 0.6 is 11.6 Å². The Hall–Kier alpha value is -0.610. The van der Waals surface area contributed by atoms with Crippen molar-refractivity contribution in [1.82, 2.24) is 5.43 Å². The highest BCUT2D eigenvalue weighted by Crippen LogP contribution is 2.26. The molecule has 0 amide bonds. The summed E-state index contributed by atoms with van der Waals surface area (Å²) in [4.78, 5) is 0. The van der Waals surface area contributed by atoms with Crippen molar-refractivity contribution in [2.45, 2.75) is 38.8 Å². The highest BCUT2D eigenvalue weighted by atomic mass is 35.5. The molecule has 1 saturated heterocycles. The lowest BCUT2D eigenvalue weighted by Gasteiger charge is -2.25. The summed E-state index contributed by atoms with van der Waals surface area (Å²) in [5.74, 6) is 6.21. The van der Waals surface area contributed by atoms with Crippen LogP contribution in [0.2, 0.25) is 5.02 Å². The highest BCUT2D eigenvalue weighted by Gasteiger charge is 2.31. The Morgan fingerprint density at radius 3 is 2.89 bits per heavy atom. The minimum absolute atomic E-state index is 0.114. The Morgan fingerprint density at radius 1 is 1.56 bits per heavy atom. The van der Waals surface area contributed by atoms with E-state index in [2.05, 4.69) is 24.5 Å². The number of rotatable bonds is 4. The van der Waals surface area contributed by atoms with E-state index < -0.39 is 0 Å². The molecule has 3 N–H and O–H groups in total. The summed E-state index contributed by atoms with van der Waals surface area (Å²) in [6, 6.07) is 6.25. The Morgan fingerprint density at radius 2 is 2.33 bits per heavy atom. The van der Waals surface area contributed by atoms with Gasteiger partial charge in [-0.2, -0.15) is 0 Å². The average Bonchev–Trinajstić information content (AvgIpc) is 2.75. The maximum atomic E-state index is 6.26. The fourth-order valence-corrected chi connectivity index (χ4v) is 2.87. The van der Waals surface area contributed by atoms with E-state index in [0.29, 0.717) is 5.92 Å². The van der Waals surface area contributed by atoms with Crippen LogP contribution in [-0.2, 0) is 11.2 Å². The lowest BCUT2D eigenvalue weighted by atomic mass is 9.93. The minimum atomic E-state index is 0.114. The normalized spacial score (nSPS) is 25.3. The van der Waals surface area contributed by atoms with Crippen LogP contribution in [0.5, 0.6) is 0 Å². The Labute approximate surface area is 114 Å². The third kappa shape index (κ3) is 3.04. The molecule has 3 nitrogen and oxygen atoms in total. The zero-order chi connectivity index (χ0) is 13.1. The summed E-state index contributed by atoms with van der Waals surface area (Å²) in [6.07, 6.45) is 2.07. The summed E-state index contributed by atoms with van der Waals surface area (Å²) >= 11 is 6.26. The third-order valence-electron chi connectivity index (χ3n) is 3.70. The molecule has 1 fully saturated rings. The predicted octanol–water partition coefficient (Wildman–Crippen LogP) is 2.45. The van der Waals surface area contributed by atoms with Crippen molar-refractivity contribution in [3.63, 3.8) is 0 Å². The first kappa shape index (κ1) is 13.8. The van der Waals surface area contributed by atoms with Crippen molar-refractivity contribution in [2.24, 2.45) is 11.8 Å². The lowest BCUT2D eigenvalue weighted by Crippen LogP contribution is -2.47. The SMILES string of the molecule is Cc1ccc(CC(NN)C2OCCC2C)c(Cl)c1. The maximum absolute atomic E-state index is 6.26. The topological polar surface area (TPSA) is 47.3 Å². The molecule has 1 aromatic carbocycles. The van der Waals surface area contributed by atoms with Crippen LogP contribution < -0.4 is 11.3 Å². The Bertz CT molecular complexity index is 411. The minimum Gasteiger partial charge on any atom is -0.376 e. The molecule has 100 valence electrons. The van der Waals surface area contributed by atoms with Gasteiger partial charge in [-0.3, -0.25) is 11.3 Å². The van der Waals surface area contributed by atoms with E-state index in [1.807, 2.05) is 13.0 Å². The second-order valence-corrected chi connectivity index (χ2v) is 5.58. The Balaban J connectivity index is 2.10. The molecule has 0 spiro atoms. The number of ether oxygens (including phenoxy) is 1. The zero-order valence-corrected chi connectivity index (χ0v) is 11.7. The van der Waals surface area contributed by atoms with Gasteiger partial charge in [0.1, 0.15) is 0 Å². The molecule has 2 rings (SSSR count). The number of nitrogens with one attached hydrogen (secondary N) is 1. The summed E-state index contributed by atoms with van der Waals surface area (Å²) < 4.78 is 5.77. The first-order chi connectivity index (χ1) is 8.61. The van der Waals surface area contributed by atoms with E-state index in [4.69, 9.17) is 22.2 Å². The maximum Gasteiger partial charge on any atom is 0.0771 e. The van der Waals surface area contributed by atoms with Crippen LogP contribution in [0.1, 0.15) is 24.5 Å². The van der Waals surface area contributed by atoms with Gasteiger partial charge in [-0.05, 0) is 42.9 Å². The molecule has 0 bridgehead atoms. The number of hydrogen-bond acceptors (Lipinski definition) is 3. The fourth-order valence-electron chi connectivity index (χ4n) is 2.56. The van der Waals surface area contributed by atoms with Crippen molar-refractivity contribution >= 4 is 11.6 Å². The van der Waals surface area contributed by atoms with E-state index in [1.165, 1.54) is 5.56 Å². The van der Waals surface area contributed by atoms with Gasteiger partial charge in [0, 0.05) is 11.6 Å². The van der Waals surface area contributed by atoms with Crippen molar-refractivity contribution in [3.05, 3.63) is 34.3 Å². The molecule has 3 atom stereocenters. The van der Waals surface area contributed by atoms with Gasteiger partial charge < -0.3 is 4.74 Å². The van der Waals surface area contributed by atoms with Gasteiger partial charge in [-0.15, -0.1) is 0 Å². The van der Waals surface area contributed by atoms with E-state index in [1.54, 1.807) is 0 Å². The first-order valence-corrected chi connectivity index (χ1v) is 6.82. The number of aryl methyl sites for hydroxylation is 1. The van der Waals surface area contributed by atoms with Gasteiger partial charge in [0.05, 0.1) is 12.1 Å². The molecule has 0 saturated carbocycles. The molecule has 0 aliphatic carbocycles. The van der Waals surface area contributed by atoms with Crippen LogP contribution in [0, 0.1) is 12.8 Å². The smallest absolute Gasteiger partial charge is 0.0771 e. The standard InChI is InChI=1S/C14H21ClN2O/c1-9-3-4-11(12(15)7-9)8-13(17-16)14-10(2)5-6-18-14/h3-4,7,10,13-14,17H,5-6,8,16H2,1-2H3. The van der Waals surface area contributed by atoms with E-state index >= 15 is 0 Å². The summed E-state index contributed by atoms with van der Waals surface area (Å²) in [6.45, 7) is 5.07. The van der Waals surface area contributed by atoms with Crippen LogP contribution in [0.15, 0.2) is 18.2 Å². The molecule has 4 heteroatoms. The van der Waals surface area contributed by atoms with Crippen molar-refractivity contribution in [1.29, 1.82) is 0 Å². The number of hydrazine groups is 1. The predicted molar refractivity (Wildman–Crippen MR) is 74.5 cm³/mol. The first-order valence-electron chi connectivity index (χ1n) is 6.44. The van der Waals surface area contributed by atoms with Crippen LogP contribution in [0.4, 0.5) is 0 Å². The zero-order valence-electron chi connectivity index (χ0n) is 10.9. The summed E-state index contributed by atoms with van der Waals surface area (Å²) in [5, 5.41) is 0.806. The molecule has 0 aromatic heterocycles.